The monoisotopic (exact) mass is 414 g/mol. The van der Waals surface area contributed by atoms with E-state index in [1.807, 2.05) is 27.7 Å². The molecule has 0 aromatic carbocycles. The minimum atomic E-state index is -0.180. The molecule has 4 rings (SSSR count). The number of hydrogen-bond acceptors (Lipinski definition) is 4. The van der Waals surface area contributed by atoms with Crippen molar-refractivity contribution in [1.82, 2.24) is 9.80 Å². The number of carbonyl (C=O) groups excluding carboxylic acids is 4. The summed E-state index contributed by atoms with van der Waals surface area (Å²) >= 11 is 0. The molecule has 2 heterocycles. The van der Waals surface area contributed by atoms with Crippen molar-refractivity contribution in [2.75, 3.05) is 0 Å². The van der Waals surface area contributed by atoms with Gasteiger partial charge in [-0.1, -0.05) is 11.6 Å². The van der Waals surface area contributed by atoms with Crippen LogP contribution in [0.15, 0.2) is 11.6 Å². The van der Waals surface area contributed by atoms with Crippen LogP contribution in [0.2, 0.25) is 0 Å². The lowest BCUT2D eigenvalue weighted by molar-refractivity contribution is -0.143. The van der Waals surface area contributed by atoms with Crippen LogP contribution >= 0.6 is 0 Å². The van der Waals surface area contributed by atoms with Crippen molar-refractivity contribution in [3.8, 4) is 0 Å². The molecule has 0 spiro atoms. The molecule has 2 saturated heterocycles. The van der Waals surface area contributed by atoms with Crippen molar-refractivity contribution in [2.45, 2.75) is 84.7 Å². The molecule has 164 valence electrons. The van der Waals surface area contributed by atoms with Crippen LogP contribution in [0.4, 0.5) is 0 Å². The first-order chi connectivity index (χ1) is 14.2. The highest BCUT2D eigenvalue weighted by Crippen LogP contribution is 2.43. The minimum Gasteiger partial charge on any atom is -0.280 e. The van der Waals surface area contributed by atoms with E-state index in [4.69, 9.17) is 0 Å². The van der Waals surface area contributed by atoms with E-state index < -0.39 is 0 Å². The molecule has 2 aliphatic heterocycles. The van der Waals surface area contributed by atoms with Gasteiger partial charge in [-0.3, -0.25) is 29.0 Å². The van der Waals surface area contributed by atoms with Crippen molar-refractivity contribution in [3.05, 3.63) is 11.6 Å². The van der Waals surface area contributed by atoms with Gasteiger partial charge in [-0.05, 0) is 78.6 Å². The van der Waals surface area contributed by atoms with Gasteiger partial charge in [0.05, 0.1) is 23.7 Å². The fourth-order valence-corrected chi connectivity index (χ4v) is 6.17. The summed E-state index contributed by atoms with van der Waals surface area (Å²) in [6, 6.07) is -0.190. The van der Waals surface area contributed by atoms with Gasteiger partial charge in [0.25, 0.3) is 0 Å². The molecule has 6 heteroatoms. The van der Waals surface area contributed by atoms with E-state index in [1.54, 1.807) is 0 Å². The Kier molecular flexibility index (Phi) is 5.62. The van der Waals surface area contributed by atoms with Crippen molar-refractivity contribution in [3.63, 3.8) is 0 Å². The minimum absolute atomic E-state index is 0.00204. The highest BCUT2D eigenvalue weighted by atomic mass is 16.2. The third-order valence-corrected chi connectivity index (χ3v) is 7.88. The normalized spacial score (nSPS) is 35.1. The molecule has 1 saturated carbocycles. The molecular formula is C24H34N2O4. The zero-order chi connectivity index (χ0) is 21.7. The van der Waals surface area contributed by atoms with Crippen LogP contribution in [-0.2, 0) is 19.2 Å². The Morgan fingerprint density at radius 1 is 0.867 bits per heavy atom. The van der Waals surface area contributed by atoms with Crippen LogP contribution in [0.3, 0.4) is 0 Å². The summed E-state index contributed by atoms with van der Waals surface area (Å²) in [6.45, 7) is 7.80. The number of carbonyl (C=O) groups is 4. The lowest BCUT2D eigenvalue weighted by Crippen LogP contribution is -2.39. The predicted molar refractivity (Wildman–Crippen MR) is 112 cm³/mol. The topological polar surface area (TPSA) is 74.8 Å². The first kappa shape index (κ1) is 21.3. The van der Waals surface area contributed by atoms with Gasteiger partial charge in [0.2, 0.25) is 23.6 Å². The number of imide groups is 2. The number of allylic oxidation sites excluding steroid dienone is 2. The Morgan fingerprint density at radius 3 is 2.20 bits per heavy atom. The predicted octanol–water partition coefficient (Wildman–Crippen LogP) is 3.31. The van der Waals surface area contributed by atoms with Crippen LogP contribution in [0, 0.1) is 29.6 Å². The zero-order valence-corrected chi connectivity index (χ0v) is 18.6. The molecule has 2 aliphatic carbocycles. The molecule has 4 aliphatic rings. The molecule has 30 heavy (non-hydrogen) atoms. The SMILES string of the molecule is CC1=CCC2C(=O)N(C(C)CCC3CCC4C(=O)N(C(C)C)C(=O)C4C3)C(=O)C2C1. The van der Waals surface area contributed by atoms with Crippen molar-refractivity contribution in [1.29, 1.82) is 0 Å². The van der Waals surface area contributed by atoms with Crippen LogP contribution in [0.5, 0.6) is 0 Å². The van der Waals surface area contributed by atoms with Gasteiger partial charge in [0, 0.05) is 12.1 Å². The van der Waals surface area contributed by atoms with Gasteiger partial charge >= 0.3 is 0 Å². The van der Waals surface area contributed by atoms with Crippen LogP contribution in [0.25, 0.3) is 0 Å². The Labute approximate surface area is 179 Å². The zero-order valence-electron chi connectivity index (χ0n) is 18.6. The summed E-state index contributed by atoms with van der Waals surface area (Å²) in [5, 5.41) is 0. The molecule has 0 radical (unpaired) electrons. The van der Waals surface area contributed by atoms with Crippen LogP contribution < -0.4 is 0 Å². The molecule has 6 unspecified atom stereocenters. The molecule has 4 amide bonds. The molecule has 6 nitrogen and oxygen atoms in total. The highest BCUT2D eigenvalue weighted by Gasteiger charge is 2.51. The van der Waals surface area contributed by atoms with Crippen LogP contribution in [0.1, 0.15) is 72.6 Å². The summed E-state index contributed by atoms with van der Waals surface area (Å²) < 4.78 is 0. The van der Waals surface area contributed by atoms with E-state index >= 15 is 0 Å². The summed E-state index contributed by atoms with van der Waals surface area (Å²) in [4.78, 5) is 54.1. The largest absolute Gasteiger partial charge is 0.280 e. The van der Waals surface area contributed by atoms with Crippen LogP contribution in [-0.4, -0.2) is 45.5 Å². The molecule has 6 atom stereocenters. The third kappa shape index (κ3) is 3.42. The maximum Gasteiger partial charge on any atom is 0.233 e. The smallest absolute Gasteiger partial charge is 0.233 e. The van der Waals surface area contributed by atoms with E-state index in [0.29, 0.717) is 18.8 Å². The van der Waals surface area contributed by atoms with Crippen molar-refractivity contribution in [2.24, 2.45) is 29.6 Å². The lowest BCUT2D eigenvalue weighted by Gasteiger charge is -2.30. The summed E-state index contributed by atoms with van der Waals surface area (Å²) in [7, 11) is 0. The highest BCUT2D eigenvalue weighted by molar-refractivity contribution is 6.06. The fourth-order valence-electron chi connectivity index (χ4n) is 6.17. The molecule has 0 bridgehead atoms. The van der Waals surface area contributed by atoms with E-state index in [-0.39, 0.29) is 59.4 Å². The van der Waals surface area contributed by atoms with E-state index in [1.165, 1.54) is 15.4 Å². The molecule has 3 fully saturated rings. The maximum atomic E-state index is 12.9. The Bertz CT molecular complexity index is 801. The fraction of sp³-hybridized carbons (Fsp3) is 0.750. The van der Waals surface area contributed by atoms with Crippen molar-refractivity contribution >= 4 is 23.6 Å². The van der Waals surface area contributed by atoms with Gasteiger partial charge in [0.15, 0.2) is 0 Å². The number of nitrogens with zero attached hydrogens (tertiary/aromatic N) is 2. The third-order valence-electron chi connectivity index (χ3n) is 7.88. The molecule has 0 aromatic heterocycles. The second-order valence-electron chi connectivity index (χ2n) is 10.2. The van der Waals surface area contributed by atoms with Gasteiger partial charge < -0.3 is 0 Å². The second-order valence-corrected chi connectivity index (χ2v) is 10.2. The Hall–Kier alpha value is -1.98. The number of likely N-dealkylation sites (tertiary alicyclic amines) is 2. The van der Waals surface area contributed by atoms with E-state index in [9.17, 15) is 19.2 Å². The number of fused-ring (bicyclic) bond motifs is 2. The molecule has 0 aromatic rings. The maximum absolute atomic E-state index is 12.9. The lowest BCUT2D eigenvalue weighted by atomic mass is 9.73. The Morgan fingerprint density at radius 2 is 1.50 bits per heavy atom. The first-order valence-electron chi connectivity index (χ1n) is 11.6. The van der Waals surface area contributed by atoms with E-state index in [2.05, 4.69) is 6.08 Å². The first-order valence-corrected chi connectivity index (χ1v) is 11.6. The average Bonchev–Trinajstić information content (AvgIpc) is 3.10. The number of hydrogen-bond donors (Lipinski definition) is 0. The summed E-state index contributed by atoms with van der Waals surface area (Å²) in [5.74, 6) is -0.313. The molecule has 0 N–H and O–H groups in total. The summed E-state index contributed by atoms with van der Waals surface area (Å²) in [5.41, 5.74) is 1.20. The quantitative estimate of drug-likeness (QED) is 0.511. The van der Waals surface area contributed by atoms with E-state index in [0.717, 1.165) is 32.1 Å². The van der Waals surface area contributed by atoms with Gasteiger partial charge in [-0.2, -0.15) is 0 Å². The van der Waals surface area contributed by atoms with Gasteiger partial charge in [0.1, 0.15) is 0 Å². The average molecular weight is 415 g/mol. The number of amides is 4. The number of rotatable bonds is 5. The standard InChI is InChI=1S/C24H34N2O4/c1-13(2)25-21(27)18-10-8-16(12-20(18)23(25)29)7-6-15(4)26-22(28)17-9-5-14(3)11-19(17)24(26)30/h5,13,15-20H,6-12H2,1-4H3. The molecular weight excluding hydrogens is 380 g/mol. The van der Waals surface area contributed by atoms with Gasteiger partial charge in [-0.15, -0.1) is 0 Å². The second kappa shape index (κ2) is 7.93. The van der Waals surface area contributed by atoms with Crippen molar-refractivity contribution < 1.29 is 19.2 Å². The van der Waals surface area contributed by atoms with Gasteiger partial charge in [-0.25, -0.2) is 0 Å². The Balaban J connectivity index is 1.35. The summed E-state index contributed by atoms with van der Waals surface area (Å²) in [6.07, 6.45) is 7.59.